The molecule has 3 rings (SSSR count). The largest absolute Gasteiger partial charge is 0.338 e. The van der Waals surface area contributed by atoms with Crippen molar-refractivity contribution in [3.63, 3.8) is 0 Å². The molecule has 0 aliphatic rings. The van der Waals surface area contributed by atoms with Crippen LogP contribution in [0, 0.1) is 5.92 Å². The lowest BCUT2D eigenvalue weighted by molar-refractivity contribution is 0.382. The third-order valence-electron chi connectivity index (χ3n) is 3.75. The monoisotopic (exact) mass is 392 g/mol. The van der Waals surface area contributed by atoms with Crippen molar-refractivity contribution in [1.82, 2.24) is 19.7 Å². The van der Waals surface area contributed by atoms with E-state index >= 15 is 0 Å². The third kappa shape index (κ3) is 4.10. The molecular weight excluding hydrogens is 372 g/mol. The lowest BCUT2D eigenvalue weighted by Crippen LogP contribution is -2.25. The zero-order valence-corrected chi connectivity index (χ0v) is 16.8. The third-order valence-corrected chi connectivity index (χ3v) is 4.95. The second-order valence-corrected chi connectivity index (χ2v) is 8.23. The molecule has 1 aromatic carbocycles. The van der Waals surface area contributed by atoms with Gasteiger partial charge in [-0.2, -0.15) is 4.98 Å². The molecule has 0 aliphatic heterocycles. The van der Waals surface area contributed by atoms with E-state index in [0.29, 0.717) is 51.0 Å². The van der Waals surface area contributed by atoms with Crippen LogP contribution in [0.4, 0.5) is 0 Å². The summed E-state index contributed by atoms with van der Waals surface area (Å²) in [5, 5.41) is 5.67. The quantitative estimate of drug-likeness (QED) is 0.454. The predicted molar refractivity (Wildman–Crippen MR) is 104 cm³/mol. The summed E-state index contributed by atoms with van der Waals surface area (Å²) in [6.45, 7) is 8.74. The van der Waals surface area contributed by atoms with Crippen LogP contribution < -0.4 is 5.56 Å². The Balaban J connectivity index is 1.97. The normalized spacial score (nSPS) is 11.8. The van der Waals surface area contributed by atoms with Gasteiger partial charge in [0, 0.05) is 17.5 Å². The first kappa shape index (κ1) is 18.9. The highest BCUT2D eigenvalue weighted by Crippen LogP contribution is 2.24. The number of nitrogens with zero attached hydrogens (tertiary/aromatic N) is 4. The van der Waals surface area contributed by atoms with E-state index in [1.54, 1.807) is 22.8 Å². The molecule has 0 atom stereocenters. The minimum absolute atomic E-state index is 0.0814. The standard InChI is InChI=1S/C18H21ClN4O2S/c1-10(2)8-23-17(24)13-7-12(19)5-6-14(13)20-18(23)26-9-15-21-16(11(3)4)22-25-15/h5-7,10-11H,8-9H2,1-4H3. The molecule has 8 heteroatoms. The van der Waals surface area contributed by atoms with Gasteiger partial charge in [0.05, 0.1) is 16.7 Å². The first-order chi connectivity index (χ1) is 12.3. The van der Waals surface area contributed by atoms with Gasteiger partial charge in [-0.25, -0.2) is 4.98 Å². The summed E-state index contributed by atoms with van der Waals surface area (Å²) in [6, 6.07) is 5.18. The van der Waals surface area contributed by atoms with Crippen molar-refractivity contribution in [3.8, 4) is 0 Å². The van der Waals surface area contributed by atoms with Gasteiger partial charge in [0.15, 0.2) is 11.0 Å². The topological polar surface area (TPSA) is 73.8 Å². The van der Waals surface area contributed by atoms with Crippen LogP contribution in [-0.4, -0.2) is 19.7 Å². The van der Waals surface area contributed by atoms with Crippen molar-refractivity contribution in [1.29, 1.82) is 0 Å². The van der Waals surface area contributed by atoms with Gasteiger partial charge in [-0.05, 0) is 24.1 Å². The van der Waals surface area contributed by atoms with Gasteiger partial charge in [0.2, 0.25) is 5.89 Å². The van der Waals surface area contributed by atoms with Crippen LogP contribution in [-0.2, 0) is 12.3 Å². The van der Waals surface area contributed by atoms with Gasteiger partial charge in [-0.15, -0.1) is 0 Å². The second kappa shape index (κ2) is 7.80. The number of rotatable bonds is 6. The summed E-state index contributed by atoms with van der Waals surface area (Å²) >= 11 is 7.47. The Morgan fingerprint density at radius 1 is 1.23 bits per heavy atom. The number of benzene rings is 1. The molecule has 26 heavy (non-hydrogen) atoms. The highest BCUT2D eigenvalue weighted by molar-refractivity contribution is 7.98. The van der Waals surface area contributed by atoms with Crippen molar-refractivity contribution in [2.24, 2.45) is 5.92 Å². The molecule has 0 fully saturated rings. The van der Waals surface area contributed by atoms with Crippen molar-refractivity contribution in [3.05, 3.63) is 45.3 Å². The number of fused-ring (bicyclic) bond motifs is 1. The highest BCUT2D eigenvalue weighted by Gasteiger charge is 2.16. The Labute approximate surface area is 161 Å². The van der Waals surface area contributed by atoms with E-state index in [2.05, 4.69) is 29.0 Å². The van der Waals surface area contributed by atoms with Gasteiger partial charge < -0.3 is 4.52 Å². The van der Waals surface area contributed by atoms with Crippen molar-refractivity contribution in [2.45, 2.75) is 51.1 Å². The Kier molecular flexibility index (Phi) is 5.67. The van der Waals surface area contributed by atoms with Crippen LogP contribution in [0.3, 0.4) is 0 Å². The summed E-state index contributed by atoms with van der Waals surface area (Å²) in [7, 11) is 0. The molecule has 6 nitrogen and oxygen atoms in total. The van der Waals surface area contributed by atoms with Crippen LogP contribution >= 0.6 is 23.4 Å². The number of aromatic nitrogens is 4. The van der Waals surface area contributed by atoms with Gasteiger partial charge >= 0.3 is 0 Å². The average molecular weight is 393 g/mol. The fourth-order valence-electron chi connectivity index (χ4n) is 2.50. The Morgan fingerprint density at radius 2 is 2.00 bits per heavy atom. The van der Waals surface area contributed by atoms with E-state index in [-0.39, 0.29) is 11.5 Å². The van der Waals surface area contributed by atoms with Gasteiger partial charge in [0.25, 0.3) is 5.56 Å². The van der Waals surface area contributed by atoms with E-state index in [9.17, 15) is 4.79 Å². The van der Waals surface area contributed by atoms with Crippen LogP contribution in [0.25, 0.3) is 10.9 Å². The second-order valence-electron chi connectivity index (χ2n) is 6.86. The number of hydrogen-bond donors (Lipinski definition) is 0. The Hall–Kier alpha value is -1.86. The van der Waals surface area contributed by atoms with Crippen molar-refractivity contribution < 1.29 is 4.52 Å². The van der Waals surface area contributed by atoms with Crippen molar-refractivity contribution in [2.75, 3.05) is 0 Å². The van der Waals surface area contributed by atoms with Crippen LogP contribution in [0.2, 0.25) is 5.02 Å². The molecule has 0 radical (unpaired) electrons. The molecule has 3 aromatic rings. The molecule has 0 spiro atoms. The molecule has 0 aliphatic carbocycles. The fourth-order valence-corrected chi connectivity index (χ4v) is 3.51. The Bertz CT molecular complexity index is 981. The van der Waals surface area contributed by atoms with Gasteiger partial charge in [-0.1, -0.05) is 56.2 Å². The molecule has 0 amide bonds. The number of hydrogen-bond acceptors (Lipinski definition) is 6. The smallest absolute Gasteiger partial charge is 0.262 e. The first-order valence-electron chi connectivity index (χ1n) is 8.50. The zero-order chi connectivity index (χ0) is 18.8. The lowest BCUT2D eigenvalue weighted by Gasteiger charge is -2.14. The van der Waals surface area contributed by atoms with Crippen molar-refractivity contribution >= 4 is 34.3 Å². The molecule has 2 aromatic heterocycles. The van der Waals surface area contributed by atoms with Crippen LogP contribution in [0.5, 0.6) is 0 Å². The molecule has 0 saturated heterocycles. The number of halogens is 1. The summed E-state index contributed by atoms with van der Waals surface area (Å²) < 4.78 is 6.99. The summed E-state index contributed by atoms with van der Waals surface area (Å²) in [5.74, 6) is 2.19. The molecule has 138 valence electrons. The summed E-state index contributed by atoms with van der Waals surface area (Å²) in [5.41, 5.74) is 0.553. The van der Waals surface area contributed by atoms with Gasteiger partial charge in [-0.3, -0.25) is 9.36 Å². The van der Waals surface area contributed by atoms with Gasteiger partial charge in [0.1, 0.15) is 0 Å². The van der Waals surface area contributed by atoms with E-state index < -0.39 is 0 Å². The van der Waals surface area contributed by atoms with E-state index in [0.717, 1.165) is 0 Å². The molecular formula is C18H21ClN4O2S. The van der Waals surface area contributed by atoms with Crippen LogP contribution in [0.1, 0.15) is 45.3 Å². The van der Waals surface area contributed by atoms with E-state index in [4.69, 9.17) is 16.1 Å². The lowest BCUT2D eigenvalue weighted by atomic mass is 10.2. The average Bonchev–Trinajstić information content (AvgIpc) is 3.05. The molecule has 2 heterocycles. The molecule has 0 unspecified atom stereocenters. The maximum absolute atomic E-state index is 12.9. The minimum atomic E-state index is -0.0814. The maximum atomic E-state index is 12.9. The maximum Gasteiger partial charge on any atom is 0.262 e. The van der Waals surface area contributed by atoms with E-state index in [1.165, 1.54) is 11.8 Å². The first-order valence-corrected chi connectivity index (χ1v) is 9.87. The fraction of sp³-hybridized carbons (Fsp3) is 0.444. The van der Waals surface area contributed by atoms with E-state index in [1.807, 2.05) is 13.8 Å². The number of thioether (sulfide) groups is 1. The Morgan fingerprint density at radius 3 is 2.65 bits per heavy atom. The molecule has 0 N–H and O–H groups in total. The molecule has 0 saturated carbocycles. The predicted octanol–water partition coefficient (Wildman–Crippen LogP) is 4.50. The van der Waals surface area contributed by atoms with Crippen LogP contribution in [0.15, 0.2) is 32.7 Å². The minimum Gasteiger partial charge on any atom is -0.338 e. The zero-order valence-electron chi connectivity index (χ0n) is 15.2. The SMILES string of the molecule is CC(C)Cn1c(SCc2nc(C(C)C)no2)nc2ccc(Cl)cc2c1=O. The highest BCUT2D eigenvalue weighted by atomic mass is 35.5. The summed E-state index contributed by atoms with van der Waals surface area (Å²) in [4.78, 5) is 22.0. The molecule has 0 bridgehead atoms. The summed E-state index contributed by atoms with van der Waals surface area (Å²) in [6.07, 6.45) is 0.